The van der Waals surface area contributed by atoms with Crippen LogP contribution in [0.2, 0.25) is 0 Å². The van der Waals surface area contributed by atoms with Crippen LogP contribution < -0.4 is 5.43 Å². The van der Waals surface area contributed by atoms with Crippen molar-refractivity contribution in [2.24, 2.45) is 5.10 Å². The number of benzene rings is 2. The Morgan fingerprint density at radius 1 is 1.17 bits per heavy atom. The van der Waals surface area contributed by atoms with Crippen molar-refractivity contribution in [3.05, 3.63) is 92.2 Å². The summed E-state index contributed by atoms with van der Waals surface area (Å²) in [4.78, 5) is 22.8. The van der Waals surface area contributed by atoms with Crippen molar-refractivity contribution in [3.8, 4) is 0 Å². The highest BCUT2D eigenvalue weighted by Gasteiger charge is 2.15. The third-order valence-corrected chi connectivity index (χ3v) is 4.98. The average Bonchev–Trinajstić information content (AvgIpc) is 3.12. The van der Waals surface area contributed by atoms with Crippen molar-refractivity contribution in [1.82, 2.24) is 15.2 Å². The van der Waals surface area contributed by atoms with Crippen molar-refractivity contribution in [2.45, 2.75) is 26.3 Å². The van der Waals surface area contributed by atoms with Gasteiger partial charge in [0.1, 0.15) is 0 Å². The molecule has 0 saturated carbocycles. The Morgan fingerprint density at radius 2 is 1.87 bits per heavy atom. The summed E-state index contributed by atoms with van der Waals surface area (Å²) in [5, 5.41) is 19.3. The van der Waals surface area contributed by atoms with Gasteiger partial charge in [-0.3, -0.25) is 19.6 Å². The summed E-state index contributed by atoms with van der Waals surface area (Å²) in [6.07, 6.45) is 3.06. The van der Waals surface area contributed by atoms with Crippen molar-refractivity contribution in [3.63, 3.8) is 0 Å². The van der Waals surface area contributed by atoms with E-state index in [0.29, 0.717) is 23.9 Å². The topological polar surface area (TPSA) is 102 Å². The van der Waals surface area contributed by atoms with Gasteiger partial charge >= 0.3 is 0 Å². The van der Waals surface area contributed by atoms with Crippen LogP contribution in [0.15, 0.2) is 70.4 Å². The molecule has 0 aliphatic rings. The van der Waals surface area contributed by atoms with Crippen LogP contribution in [0.4, 0.5) is 5.69 Å². The summed E-state index contributed by atoms with van der Waals surface area (Å²) >= 11 is 3.36. The minimum atomic E-state index is -0.445. The molecule has 3 aromatic rings. The molecule has 0 fully saturated rings. The molecule has 0 aliphatic carbocycles. The van der Waals surface area contributed by atoms with E-state index in [9.17, 15) is 14.9 Å². The number of non-ortho nitro benzene ring substituents is 1. The number of nitro benzene ring substituents is 1. The van der Waals surface area contributed by atoms with Crippen LogP contribution in [0.3, 0.4) is 0 Å². The molecule has 0 unspecified atom stereocenters. The fourth-order valence-electron chi connectivity index (χ4n) is 2.80. The summed E-state index contributed by atoms with van der Waals surface area (Å²) in [6, 6.07) is 16.1. The number of hydrogen-bond donors (Lipinski definition) is 1. The minimum Gasteiger partial charge on any atom is -0.266 e. The summed E-state index contributed by atoms with van der Waals surface area (Å²) in [5.74, 6) is -0.414. The molecule has 0 atom stereocenters. The van der Waals surface area contributed by atoms with E-state index in [4.69, 9.17) is 0 Å². The third kappa shape index (κ3) is 5.60. The molecule has 0 saturated heterocycles. The number of carbonyl (C=O) groups is 1. The van der Waals surface area contributed by atoms with E-state index < -0.39 is 10.8 Å². The quantitative estimate of drug-likeness (QED) is 0.301. The zero-order chi connectivity index (χ0) is 21.5. The van der Waals surface area contributed by atoms with Gasteiger partial charge in [0.2, 0.25) is 0 Å². The van der Waals surface area contributed by atoms with Gasteiger partial charge < -0.3 is 0 Å². The zero-order valence-electron chi connectivity index (χ0n) is 16.3. The highest BCUT2D eigenvalue weighted by molar-refractivity contribution is 9.10. The molecule has 1 heterocycles. The molecule has 0 bridgehead atoms. The van der Waals surface area contributed by atoms with E-state index in [1.54, 1.807) is 23.0 Å². The third-order valence-electron chi connectivity index (χ3n) is 4.40. The Hall–Kier alpha value is -3.33. The van der Waals surface area contributed by atoms with E-state index >= 15 is 0 Å². The molecule has 8 nitrogen and oxygen atoms in total. The maximum Gasteiger partial charge on any atom is 0.293 e. The lowest BCUT2D eigenvalue weighted by molar-refractivity contribution is -0.384. The summed E-state index contributed by atoms with van der Waals surface area (Å²) < 4.78 is 2.13. The predicted octanol–water partition coefficient (Wildman–Crippen LogP) is 4.34. The minimum absolute atomic E-state index is 0.0283. The molecule has 3 rings (SSSR count). The van der Waals surface area contributed by atoms with Gasteiger partial charge in [-0.1, -0.05) is 49.4 Å². The number of amides is 1. The predicted molar refractivity (Wildman–Crippen MR) is 117 cm³/mol. The Morgan fingerprint density at radius 3 is 2.50 bits per heavy atom. The number of nitrogens with zero attached hydrogens (tertiary/aromatic N) is 4. The highest BCUT2D eigenvalue weighted by atomic mass is 79.9. The monoisotopic (exact) mass is 469 g/mol. The second kappa shape index (κ2) is 9.93. The molecule has 0 radical (unpaired) electrons. The molecule has 2 aromatic carbocycles. The first-order valence-corrected chi connectivity index (χ1v) is 10.1. The molecule has 1 amide bonds. The van der Waals surface area contributed by atoms with Gasteiger partial charge in [-0.05, 0) is 33.5 Å². The van der Waals surface area contributed by atoms with E-state index in [2.05, 4.69) is 31.6 Å². The van der Waals surface area contributed by atoms with Crippen molar-refractivity contribution in [2.75, 3.05) is 0 Å². The van der Waals surface area contributed by atoms with Crippen LogP contribution in [0, 0.1) is 10.1 Å². The smallest absolute Gasteiger partial charge is 0.266 e. The lowest BCUT2D eigenvalue weighted by atomic mass is 10.1. The average molecular weight is 470 g/mol. The standard InChI is InChI=1S/C21H20BrN5O3/c1-2-17(12-15-6-4-3-5-7-15)23-24-21(28)20-19(22)14-26(25-20)13-16-8-10-18(11-9-16)27(29)30/h3-11,14H,2,12-13H2,1H3,(H,24,28)/b23-17-. The fourth-order valence-corrected chi connectivity index (χ4v) is 3.30. The maximum absolute atomic E-state index is 12.5. The van der Waals surface area contributed by atoms with Crippen LogP contribution in [0.1, 0.15) is 35.0 Å². The Balaban J connectivity index is 1.66. The van der Waals surface area contributed by atoms with Gasteiger partial charge in [0.15, 0.2) is 5.69 Å². The van der Waals surface area contributed by atoms with Gasteiger partial charge in [0.25, 0.3) is 11.6 Å². The normalized spacial score (nSPS) is 11.3. The second-order valence-corrected chi connectivity index (χ2v) is 7.44. The van der Waals surface area contributed by atoms with Crippen LogP contribution in [0.5, 0.6) is 0 Å². The van der Waals surface area contributed by atoms with E-state index in [1.165, 1.54) is 12.1 Å². The first-order chi connectivity index (χ1) is 14.5. The largest absolute Gasteiger partial charge is 0.293 e. The van der Waals surface area contributed by atoms with Gasteiger partial charge in [-0.25, -0.2) is 5.43 Å². The summed E-state index contributed by atoms with van der Waals surface area (Å²) in [6.45, 7) is 2.37. The lowest BCUT2D eigenvalue weighted by Gasteiger charge is -2.05. The highest BCUT2D eigenvalue weighted by Crippen LogP contribution is 2.17. The van der Waals surface area contributed by atoms with Crippen molar-refractivity contribution in [1.29, 1.82) is 0 Å². The number of hydrazone groups is 1. The SMILES string of the molecule is CC/C(Cc1ccccc1)=N/NC(=O)c1nn(Cc2ccc([N+](=O)[O-])cc2)cc1Br. The van der Waals surface area contributed by atoms with Gasteiger partial charge in [0.05, 0.1) is 15.9 Å². The molecule has 154 valence electrons. The molecule has 0 aliphatic heterocycles. The number of carbonyl (C=O) groups excluding carboxylic acids is 1. The zero-order valence-corrected chi connectivity index (χ0v) is 17.9. The first kappa shape index (κ1) is 21.4. The molecule has 0 spiro atoms. The van der Waals surface area contributed by atoms with Gasteiger partial charge in [0, 0.05) is 30.5 Å². The van der Waals surface area contributed by atoms with Gasteiger partial charge in [-0.15, -0.1) is 0 Å². The first-order valence-electron chi connectivity index (χ1n) is 9.32. The number of rotatable bonds is 8. The number of nitro groups is 1. The second-order valence-electron chi connectivity index (χ2n) is 6.58. The number of halogens is 1. The van der Waals surface area contributed by atoms with Crippen LogP contribution in [-0.4, -0.2) is 26.3 Å². The lowest BCUT2D eigenvalue weighted by Crippen LogP contribution is -2.21. The van der Waals surface area contributed by atoms with Crippen LogP contribution >= 0.6 is 15.9 Å². The molecule has 9 heteroatoms. The maximum atomic E-state index is 12.5. The van der Waals surface area contributed by atoms with Crippen LogP contribution in [0.25, 0.3) is 0 Å². The molecule has 1 N–H and O–H groups in total. The Kier molecular flexibility index (Phi) is 7.08. The number of aromatic nitrogens is 2. The van der Waals surface area contributed by atoms with E-state index in [1.807, 2.05) is 37.3 Å². The number of nitrogens with one attached hydrogen (secondary N) is 1. The van der Waals surface area contributed by atoms with Crippen molar-refractivity contribution < 1.29 is 9.72 Å². The molecule has 1 aromatic heterocycles. The van der Waals surface area contributed by atoms with Crippen LogP contribution in [-0.2, 0) is 13.0 Å². The molecule has 30 heavy (non-hydrogen) atoms. The number of hydrogen-bond acceptors (Lipinski definition) is 5. The Labute approximate surface area is 181 Å². The molecular weight excluding hydrogens is 450 g/mol. The summed E-state index contributed by atoms with van der Waals surface area (Å²) in [7, 11) is 0. The van der Waals surface area contributed by atoms with Gasteiger partial charge in [-0.2, -0.15) is 10.2 Å². The summed E-state index contributed by atoms with van der Waals surface area (Å²) in [5.41, 5.74) is 5.64. The Bertz CT molecular complexity index is 1060. The van der Waals surface area contributed by atoms with Crippen molar-refractivity contribution >= 4 is 33.2 Å². The van der Waals surface area contributed by atoms with E-state index in [0.717, 1.165) is 16.8 Å². The van der Waals surface area contributed by atoms with E-state index in [-0.39, 0.29) is 11.4 Å². The molecular formula is C21H20BrN5O3. The fraction of sp³-hybridized carbons (Fsp3) is 0.190.